The van der Waals surface area contributed by atoms with Crippen LogP contribution in [0.1, 0.15) is 31.1 Å². The molecule has 0 aliphatic carbocycles. The van der Waals surface area contributed by atoms with E-state index in [9.17, 15) is 9.18 Å². The molecule has 0 saturated heterocycles. The normalized spacial score (nSPS) is 14.3. The zero-order valence-corrected chi connectivity index (χ0v) is 15.5. The van der Waals surface area contributed by atoms with Crippen molar-refractivity contribution in [2.75, 3.05) is 0 Å². The number of carbonyl (C=O) groups excluding carboxylic acids is 1. The summed E-state index contributed by atoms with van der Waals surface area (Å²) in [5.74, 6) is -0.267. The van der Waals surface area contributed by atoms with Crippen LogP contribution in [0.15, 0.2) is 43.0 Å². The van der Waals surface area contributed by atoms with Crippen molar-refractivity contribution in [3.63, 3.8) is 0 Å². The minimum atomic E-state index is -0.267. The van der Waals surface area contributed by atoms with Gasteiger partial charge in [-0.15, -0.1) is 11.6 Å². The van der Waals surface area contributed by atoms with Crippen LogP contribution < -0.4 is 15.9 Å². The number of aromatic amines is 1. The predicted octanol–water partition coefficient (Wildman–Crippen LogP) is 3.33. The molecule has 0 aliphatic rings. The molecule has 1 aromatic carbocycles. The topological polar surface area (TPSA) is 44.9 Å². The molecule has 1 amide bonds. The van der Waals surface area contributed by atoms with Gasteiger partial charge in [-0.1, -0.05) is 30.9 Å². The van der Waals surface area contributed by atoms with Crippen molar-refractivity contribution in [2.45, 2.75) is 32.2 Å². The largest absolute Gasteiger partial charge is 0.359 e. The highest BCUT2D eigenvalue weighted by Crippen LogP contribution is 2.11. The minimum Gasteiger partial charge on any atom is -0.359 e. The molecular formula is C20H24ClFN2O. The van der Waals surface area contributed by atoms with Gasteiger partial charge in [-0.25, -0.2) is 4.39 Å². The molecule has 1 heterocycles. The number of H-pyrrole nitrogens is 1. The molecule has 134 valence electrons. The highest BCUT2D eigenvalue weighted by molar-refractivity contribution is 6.23. The second-order valence-electron chi connectivity index (χ2n) is 5.63. The summed E-state index contributed by atoms with van der Waals surface area (Å²) in [6, 6.07) is 8.06. The van der Waals surface area contributed by atoms with Gasteiger partial charge in [0.15, 0.2) is 0 Å². The first-order valence-corrected chi connectivity index (χ1v) is 8.40. The molecule has 2 atom stereocenters. The smallest absolute Gasteiger partial charge is 0.207 e. The van der Waals surface area contributed by atoms with Crippen LogP contribution in [0.4, 0.5) is 4.39 Å². The van der Waals surface area contributed by atoms with Gasteiger partial charge >= 0.3 is 0 Å². The quantitative estimate of drug-likeness (QED) is 0.622. The third kappa shape index (κ3) is 7.40. The Morgan fingerprint density at radius 3 is 2.44 bits per heavy atom. The fourth-order valence-electron chi connectivity index (χ4n) is 2.22. The van der Waals surface area contributed by atoms with Crippen LogP contribution in [-0.4, -0.2) is 16.8 Å². The summed E-state index contributed by atoms with van der Waals surface area (Å²) >= 11 is 5.88. The average molecular weight is 363 g/mol. The van der Waals surface area contributed by atoms with Crippen molar-refractivity contribution in [3.8, 4) is 0 Å². The molecular weight excluding hydrogens is 339 g/mol. The molecule has 2 rings (SSSR count). The molecule has 3 nitrogen and oxygen atoms in total. The molecule has 0 saturated carbocycles. The van der Waals surface area contributed by atoms with Crippen molar-refractivity contribution in [2.24, 2.45) is 0 Å². The van der Waals surface area contributed by atoms with Crippen LogP contribution in [0.2, 0.25) is 0 Å². The van der Waals surface area contributed by atoms with Crippen molar-refractivity contribution < 1.29 is 9.18 Å². The Morgan fingerprint density at radius 2 is 1.92 bits per heavy atom. The van der Waals surface area contributed by atoms with Crippen LogP contribution >= 0.6 is 11.6 Å². The van der Waals surface area contributed by atoms with Crippen LogP contribution in [0, 0.1) is 12.7 Å². The van der Waals surface area contributed by atoms with Gasteiger partial charge in [0, 0.05) is 16.4 Å². The van der Waals surface area contributed by atoms with Gasteiger partial charge in [0.1, 0.15) is 5.82 Å². The van der Waals surface area contributed by atoms with Gasteiger partial charge in [-0.3, -0.25) is 4.79 Å². The predicted molar refractivity (Wildman–Crippen MR) is 103 cm³/mol. The molecule has 0 aliphatic heterocycles. The highest BCUT2D eigenvalue weighted by Gasteiger charge is 2.02. The highest BCUT2D eigenvalue weighted by atomic mass is 35.5. The number of halogens is 2. The lowest BCUT2D eigenvalue weighted by Gasteiger charge is -2.09. The Hall–Kier alpha value is -2.33. The van der Waals surface area contributed by atoms with Crippen LogP contribution in [-0.2, 0) is 4.79 Å². The first-order valence-electron chi connectivity index (χ1n) is 7.96. The van der Waals surface area contributed by atoms with E-state index >= 15 is 0 Å². The molecule has 25 heavy (non-hydrogen) atoms. The summed E-state index contributed by atoms with van der Waals surface area (Å²) in [5.41, 5.74) is 2.03. The molecule has 2 unspecified atom stereocenters. The second kappa shape index (κ2) is 10.5. The summed E-state index contributed by atoms with van der Waals surface area (Å²) in [7, 11) is 0. The molecule has 0 bridgehead atoms. The molecule has 0 fully saturated rings. The van der Waals surface area contributed by atoms with Gasteiger partial charge in [-0.05, 0) is 55.8 Å². The van der Waals surface area contributed by atoms with E-state index in [2.05, 4.69) is 22.9 Å². The molecule has 0 spiro atoms. The van der Waals surface area contributed by atoms with E-state index in [4.69, 9.17) is 11.6 Å². The summed E-state index contributed by atoms with van der Waals surface area (Å²) in [4.78, 5) is 13.3. The Balaban J connectivity index is 0.000000251. The number of nitrogens with one attached hydrogen (secondary N) is 2. The lowest BCUT2D eigenvalue weighted by atomic mass is 10.1. The number of aromatic nitrogens is 1. The van der Waals surface area contributed by atoms with Crippen LogP contribution in [0.25, 0.3) is 12.2 Å². The second-order valence-corrected chi connectivity index (χ2v) is 6.31. The number of aryl methyl sites for hydroxylation is 1. The Labute approximate surface area is 152 Å². The number of benzene rings is 1. The number of rotatable bonds is 5. The number of carbonyl (C=O) groups is 1. The molecule has 2 aromatic rings. The third-order valence-corrected chi connectivity index (χ3v) is 3.52. The van der Waals surface area contributed by atoms with Crippen molar-refractivity contribution >= 4 is 30.2 Å². The zero-order chi connectivity index (χ0) is 18.8. The number of alkyl halides is 1. The van der Waals surface area contributed by atoms with Crippen LogP contribution in [0.3, 0.4) is 0 Å². The van der Waals surface area contributed by atoms with Gasteiger partial charge in [0.05, 0.1) is 6.04 Å². The van der Waals surface area contributed by atoms with E-state index in [-0.39, 0.29) is 17.2 Å². The van der Waals surface area contributed by atoms with Crippen molar-refractivity contribution in [1.82, 2.24) is 10.3 Å². The van der Waals surface area contributed by atoms with Gasteiger partial charge in [0.2, 0.25) is 6.41 Å². The van der Waals surface area contributed by atoms with Crippen LogP contribution in [0.5, 0.6) is 0 Å². The molecule has 0 radical (unpaired) electrons. The number of hydrogen-bond donors (Lipinski definition) is 2. The maximum Gasteiger partial charge on any atom is 0.207 e. The van der Waals surface area contributed by atoms with Gasteiger partial charge in [-0.2, -0.15) is 0 Å². The lowest BCUT2D eigenvalue weighted by Crippen LogP contribution is -2.22. The fourth-order valence-corrected chi connectivity index (χ4v) is 2.36. The zero-order valence-electron chi connectivity index (χ0n) is 14.7. The minimum absolute atomic E-state index is 0.0483. The summed E-state index contributed by atoms with van der Waals surface area (Å²) in [6.07, 6.45) is 6.36. The van der Waals surface area contributed by atoms with Gasteiger partial charge in [0.25, 0.3) is 0 Å². The first kappa shape index (κ1) is 20.7. The number of amides is 1. The van der Waals surface area contributed by atoms with Crippen molar-refractivity contribution in [1.29, 1.82) is 0 Å². The Bertz CT molecular complexity index is 794. The van der Waals surface area contributed by atoms with E-state index in [1.165, 1.54) is 12.1 Å². The SMILES string of the molecule is C=C/C=c1/[nH]c(C)c/c1=C/C(C)Cl.CC(NC=O)c1ccc(F)cc1. The average Bonchev–Trinajstić information content (AvgIpc) is 2.88. The maximum absolute atomic E-state index is 12.4. The molecule has 2 N–H and O–H groups in total. The Kier molecular flexibility index (Phi) is 8.71. The summed E-state index contributed by atoms with van der Waals surface area (Å²) in [6.45, 7) is 9.47. The van der Waals surface area contributed by atoms with E-state index in [1.807, 2.05) is 32.9 Å². The fraction of sp³-hybridized carbons (Fsp3) is 0.250. The third-order valence-electron chi connectivity index (χ3n) is 3.40. The van der Waals surface area contributed by atoms with E-state index in [1.54, 1.807) is 18.2 Å². The molecule has 5 heteroatoms. The summed E-state index contributed by atoms with van der Waals surface area (Å²) in [5, 5.41) is 4.83. The number of hydrogen-bond acceptors (Lipinski definition) is 1. The van der Waals surface area contributed by atoms with Gasteiger partial charge < -0.3 is 10.3 Å². The van der Waals surface area contributed by atoms with E-state index in [0.717, 1.165) is 21.8 Å². The Morgan fingerprint density at radius 1 is 1.28 bits per heavy atom. The number of allylic oxidation sites excluding steroid dienone is 1. The standard InChI is InChI=1S/C11H14ClN.C9H10FNO/c1-4-5-11-10(6-8(2)12)7-9(3)13-11;1-7(11-6-12)8-2-4-9(10)5-3-8/h4-8,13H,1H2,2-3H3;2-7H,1H3,(H,11,12)/b10-6-,11-5+;. The maximum atomic E-state index is 12.4. The van der Waals surface area contributed by atoms with Crippen molar-refractivity contribution in [3.05, 3.63) is 70.6 Å². The monoisotopic (exact) mass is 362 g/mol. The van der Waals surface area contributed by atoms with E-state index < -0.39 is 0 Å². The molecule has 1 aromatic heterocycles. The lowest BCUT2D eigenvalue weighted by molar-refractivity contribution is -0.110. The summed E-state index contributed by atoms with van der Waals surface area (Å²) < 4.78 is 12.4. The first-order chi connectivity index (χ1) is 11.9. The van der Waals surface area contributed by atoms with E-state index in [0.29, 0.717) is 6.41 Å².